The highest BCUT2D eigenvalue weighted by Crippen LogP contribution is 2.41. The summed E-state index contributed by atoms with van der Waals surface area (Å²) >= 11 is 0. The van der Waals surface area contributed by atoms with Gasteiger partial charge < -0.3 is 66.3 Å². The zero-order valence-corrected chi connectivity index (χ0v) is 38.0. The molecule has 0 spiro atoms. The van der Waals surface area contributed by atoms with E-state index >= 15 is 0 Å². The summed E-state index contributed by atoms with van der Waals surface area (Å²) in [6.45, 7) is 9.72. The Kier molecular flexibility index (Phi) is 20.5. The Morgan fingerprint density at radius 1 is 0.338 bits per heavy atom. The van der Waals surface area contributed by atoms with Gasteiger partial charge in [-0.05, 0) is 19.3 Å². The number of carbonyl (C=O) groups is 10. The fourth-order valence-electron chi connectivity index (χ4n) is 8.03. The molecule has 24 nitrogen and oxygen atoms in total. The summed E-state index contributed by atoms with van der Waals surface area (Å²) in [5.41, 5.74) is 0. The maximum Gasteiger partial charge on any atom is 0.303 e. The highest BCUT2D eigenvalue weighted by molar-refractivity contribution is 5.70. The quantitative estimate of drug-likeness (QED) is 0.131. The van der Waals surface area contributed by atoms with Crippen LogP contribution >= 0.6 is 0 Å². The van der Waals surface area contributed by atoms with Gasteiger partial charge in [-0.2, -0.15) is 0 Å². The minimum atomic E-state index is -1.57. The molecule has 3 aliphatic heterocycles. The minimum Gasteiger partial charge on any atom is -0.463 e. The first-order chi connectivity index (χ1) is 30.4. The molecular weight excluding hydrogens is 876 g/mol. The summed E-state index contributed by atoms with van der Waals surface area (Å²) < 4.78 is 80.0. The smallest absolute Gasteiger partial charge is 0.303 e. The molecule has 24 heteroatoms. The lowest BCUT2D eigenvalue weighted by molar-refractivity contribution is -0.298. The van der Waals surface area contributed by atoms with Crippen molar-refractivity contribution >= 4 is 59.7 Å². The molecule has 3 saturated heterocycles. The van der Waals surface area contributed by atoms with E-state index in [4.69, 9.17) is 66.3 Å². The van der Waals surface area contributed by atoms with Gasteiger partial charge in [0.15, 0.2) is 49.0 Å². The highest BCUT2D eigenvalue weighted by atomic mass is 16.7. The van der Waals surface area contributed by atoms with Crippen molar-refractivity contribution < 1.29 is 114 Å². The van der Waals surface area contributed by atoms with E-state index in [1.54, 1.807) is 0 Å². The predicted octanol–water partition coefficient (Wildman–Crippen LogP) is 0.259. The standard InChI is InChI=1S/C41H58O24/c1-17(42)53-15-31-37(59-23(7)48)39(61-25(9)50)35(57-21(5)46)29(63-31)13-12-28-33(55-19(3)44)27(34(56-20(4)45)41(52-11)65-28)14-30-36(58-22(6)47)40(62-26(10)51)38(60-24(8)49)32(64-30)16-54-18(2)43/h27-41H,12-16H2,1-11H3/t27-,28+,29+,30+,31+,32+,33-,34-,35+,36+,37+,38+,39+,40+,41-/m0/s1. The van der Waals surface area contributed by atoms with E-state index in [0.717, 1.165) is 69.2 Å². The van der Waals surface area contributed by atoms with Crippen LogP contribution < -0.4 is 0 Å². The Bertz CT molecular complexity index is 1750. The van der Waals surface area contributed by atoms with Crippen LogP contribution in [0.5, 0.6) is 0 Å². The second-order valence-electron chi connectivity index (χ2n) is 15.4. The van der Waals surface area contributed by atoms with Gasteiger partial charge in [0.25, 0.3) is 0 Å². The number of ether oxygens (including phenoxy) is 14. The van der Waals surface area contributed by atoms with Crippen molar-refractivity contribution in [2.45, 2.75) is 174 Å². The number of hydrogen-bond donors (Lipinski definition) is 0. The van der Waals surface area contributed by atoms with Gasteiger partial charge in [-0.15, -0.1) is 0 Å². The minimum absolute atomic E-state index is 0.173. The van der Waals surface area contributed by atoms with Crippen molar-refractivity contribution in [3.63, 3.8) is 0 Å². The number of esters is 10. The number of methoxy groups -OCH3 is 1. The summed E-state index contributed by atoms with van der Waals surface area (Å²) in [6, 6.07) is 0. The lowest BCUT2D eigenvalue weighted by atomic mass is 9.79. The number of hydrogen-bond acceptors (Lipinski definition) is 24. The largest absolute Gasteiger partial charge is 0.463 e. The van der Waals surface area contributed by atoms with Crippen LogP contribution in [-0.2, 0) is 114 Å². The number of carbonyl (C=O) groups excluding carboxylic acids is 10. The van der Waals surface area contributed by atoms with Crippen LogP contribution in [-0.4, -0.2) is 166 Å². The Balaban J connectivity index is 2.19. The highest BCUT2D eigenvalue weighted by Gasteiger charge is 2.58. The third kappa shape index (κ3) is 16.2. The van der Waals surface area contributed by atoms with Gasteiger partial charge in [-0.1, -0.05) is 0 Å². The third-order valence-corrected chi connectivity index (χ3v) is 10.0. The second-order valence-corrected chi connectivity index (χ2v) is 15.4. The van der Waals surface area contributed by atoms with Crippen molar-refractivity contribution in [1.29, 1.82) is 0 Å². The average molecular weight is 935 g/mol. The van der Waals surface area contributed by atoms with Gasteiger partial charge in [-0.25, -0.2) is 0 Å². The van der Waals surface area contributed by atoms with Crippen LogP contribution in [0.3, 0.4) is 0 Å². The Hall–Kier alpha value is -5.46. The Labute approximate surface area is 374 Å². The summed E-state index contributed by atoms with van der Waals surface area (Å²) in [6.07, 6.45) is -20.5. The molecule has 0 N–H and O–H groups in total. The van der Waals surface area contributed by atoms with Crippen LogP contribution in [0.4, 0.5) is 0 Å². The van der Waals surface area contributed by atoms with Gasteiger partial charge in [0.1, 0.15) is 31.5 Å². The van der Waals surface area contributed by atoms with Crippen molar-refractivity contribution in [3.05, 3.63) is 0 Å². The molecule has 0 bridgehead atoms. The zero-order chi connectivity index (χ0) is 48.9. The van der Waals surface area contributed by atoms with E-state index in [1.165, 1.54) is 7.11 Å². The molecule has 15 atom stereocenters. The summed E-state index contributed by atoms with van der Waals surface area (Å²) in [5.74, 6) is -9.54. The first-order valence-electron chi connectivity index (χ1n) is 20.6. The molecule has 0 aromatic carbocycles. The Morgan fingerprint density at radius 3 is 0.985 bits per heavy atom. The lowest BCUT2D eigenvalue weighted by Crippen LogP contribution is -2.64. The molecule has 3 aliphatic rings. The second kappa shape index (κ2) is 24.7. The summed E-state index contributed by atoms with van der Waals surface area (Å²) in [5, 5.41) is 0. The molecule has 0 saturated carbocycles. The van der Waals surface area contributed by atoms with Crippen LogP contribution in [0, 0.1) is 5.92 Å². The molecule has 0 amide bonds. The van der Waals surface area contributed by atoms with E-state index in [9.17, 15) is 47.9 Å². The molecule has 0 aromatic heterocycles. The van der Waals surface area contributed by atoms with Crippen LogP contribution in [0.15, 0.2) is 0 Å². The first-order valence-corrected chi connectivity index (χ1v) is 20.6. The van der Waals surface area contributed by atoms with Gasteiger partial charge in [0.2, 0.25) is 0 Å². The van der Waals surface area contributed by atoms with Gasteiger partial charge in [0, 0.05) is 82.3 Å². The lowest BCUT2D eigenvalue weighted by Gasteiger charge is -2.49. The maximum atomic E-state index is 12.9. The van der Waals surface area contributed by atoms with E-state index in [0.29, 0.717) is 0 Å². The third-order valence-electron chi connectivity index (χ3n) is 10.0. The molecule has 3 fully saturated rings. The van der Waals surface area contributed by atoms with E-state index in [1.807, 2.05) is 0 Å². The topological polar surface area (TPSA) is 300 Å². The van der Waals surface area contributed by atoms with E-state index < -0.39 is 164 Å². The van der Waals surface area contributed by atoms with Crippen LogP contribution in [0.2, 0.25) is 0 Å². The van der Waals surface area contributed by atoms with E-state index in [-0.39, 0.29) is 19.3 Å². The maximum absolute atomic E-state index is 12.9. The zero-order valence-electron chi connectivity index (χ0n) is 38.0. The SMILES string of the molecule is CO[C@H]1O[C@H](CC[C@H]2O[C@H](COC(C)=O)[C@@H](OC(C)=O)[C@H](OC(C)=O)[C@@H]2OC(C)=O)[C@@H](OC(C)=O)[C@H](C[C@H]2O[C@H](COC(C)=O)[C@@H](OC(C)=O)[C@H](OC(C)=O)[C@@H]2OC(C)=O)[C@@H]1OC(C)=O. The molecule has 0 aromatic rings. The van der Waals surface area contributed by atoms with Crippen LogP contribution in [0.25, 0.3) is 0 Å². The molecule has 0 unspecified atom stereocenters. The van der Waals surface area contributed by atoms with E-state index in [2.05, 4.69) is 0 Å². The fourth-order valence-corrected chi connectivity index (χ4v) is 8.03. The number of rotatable bonds is 18. The van der Waals surface area contributed by atoms with Gasteiger partial charge in [0.05, 0.1) is 18.3 Å². The Morgan fingerprint density at radius 2 is 0.631 bits per heavy atom. The first kappa shape index (κ1) is 53.9. The molecule has 0 radical (unpaired) electrons. The summed E-state index contributed by atoms with van der Waals surface area (Å²) in [4.78, 5) is 124. The van der Waals surface area contributed by atoms with Crippen molar-refractivity contribution in [2.24, 2.45) is 5.92 Å². The summed E-state index contributed by atoms with van der Waals surface area (Å²) in [7, 11) is 1.23. The van der Waals surface area contributed by atoms with Crippen LogP contribution in [0.1, 0.15) is 88.5 Å². The van der Waals surface area contributed by atoms with Crippen molar-refractivity contribution in [2.75, 3.05) is 20.3 Å². The fraction of sp³-hybridized carbons (Fsp3) is 0.756. The molecule has 3 rings (SSSR count). The average Bonchev–Trinajstić information content (AvgIpc) is 3.16. The molecule has 3 heterocycles. The molecule has 366 valence electrons. The normalized spacial score (nSPS) is 32.0. The van der Waals surface area contributed by atoms with Crippen molar-refractivity contribution in [3.8, 4) is 0 Å². The molecule has 65 heavy (non-hydrogen) atoms. The van der Waals surface area contributed by atoms with Crippen molar-refractivity contribution in [1.82, 2.24) is 0 Å². The predicted molar refractivity (Wildman–Crippen MR) is 208 cm³/mol. The van der Waals surface area contributed by atoms with Gasteiger partial charge >= 0.3 is 59.7 Å². The molecular formula is C41H58O24. The molecule has 0 aliphatic carbocycles. The van der Waals surface area contributed by atoms with Gasteiger partial charge in [-0.3, -0.25) is 47.9 Å². The monoisotopic (exact) mass is 934 g/mol.